The van der Waals surface area contributed by atoms with Crippen LogP contribution in [0.1, 0.15) is 78.1 Å². The fourth-order valence-corrected chi connectivity index (χ4v) is 3.93. The van der Waals surface area contributed by atoms with Crippen molar-refractivity contribution in [2.24, 2.45) is 5.41 Å². The van der Waals surface area contributed by atoms with Crippen LogP contribution in [-0.2, 0) is 28.5 Å². The van der Waals surface area contributed by atoms with Crippen LogP contribution in [0.2, 0.25) is 0 Å². The molecular weight excluding hydrogens is 394 g/mol. The Hall–Kier alpha value is -1.87. The first-order valence-corrected chi connectivity index (χ1v) is 10.7. The minimum atomic E-state index is -1.55. The molecule has 1 amide bonds. The molecule has 0 aromatic rings. The largest absolute Gasteiger partial charge is 0.481 e. The number of esters is 1. The number of methoxy groups -OCH3 is 2. The number of carboxylic acids is 1. The first kappa shape index (κ1) is 26.2. The summed E-state index contributed by atoms with van der Waals surface area (Å²) in [5, 5.41) is 11.9. The Morgan fingerprint density at radius 1 is 1.03 bits per heavy atom. The molecule has 9 nitrogen and oxygen atoms in total. The van der Waals surface area contributed by atoms with E-state index in [-0.39, 0.29) is 13.0 Å². The zero-order valence-electron chi connectivity index (χ0n) is 18.7. The number of rotatable bonds is 13. The highest BCUT2D eigenvalue weighted by molar-refractivity contribution is 5.78. The van der Waals surface area contributed by atoms with E-state index in [2.05, 4.69) is 5.32 Å². The Labute approximate surface area is 178 Å². The molecule has 0 saturated heterocycles. The fraction of sp³-hybridized carbons (Fsp3) is 0.857. The van der Waals surface area contributed by atoms with Gasteiger partial charge < -0.3 is 29.4 Å². The summed E-state index contributed by atoms with van der Waals surface area (Å²) in [5.41, 5.74) is -0.470. The van der Waals surface area contributed by atoms with E-state index in [0.717, 1.165) is 32.1 Å². The van der Waals surface area contributed by atoms with Crippen LogP contribution in [0.15, 0.2) is 0 Å². The van der Waals surface area contributed by atoms with Crippen molar-refractivity contribution in [3.05, 3.63) is 0 Å². The Morgan fingerprint density at radius 3 is 2.17 bits per heavy atom. The van der Waals surface area contributed by atoms with Crippen LogP contribution in [-0.4, -0.2) is 56.0 Å². The minimum Gasteiger partial charge on any atom is -0.481 e. The van der Waals surface area contributed by atoms with Gasteiger partial charge in [0.15, 0.2) is 0 Å². The third-order valence-corrected chi connectivity index (χ3v) is 5.60. The number of nitrogens with one attached hydrogen (secondary N) is 1. The van der Waals surface area contributed by atoms with Crippen LogP contribution in [0, 0.1) is 5.41 Å². The van der Waals surface area contributed by atoms with Gasteiger partial charge in [-0.3, -0.25) is 4.79 Å². The molecule has 0 radical (unpaired) electrons. The number of amides is 1. The molecular formula is C21H37NO8. The predicted octanol–water partition coefficient (Wildman–Crippen LogP) is 3.60. The lowest BCUT2D eigenvalue weighted by Gasteiger charge is -2.36. The molecule has 1 atom stereocenters. The molecule has 1 aliphatic carbocycles. The molecule has 0 spiro atoms. The summed E-state index contributed by atoms with van der Waals surface area (Å²) in [6, 6.07) is 0. The lowest BCUT2D eigenvalue weighted by atomic mass is 9.72. The molecule has 1 rings (SSSR count). The zero-order valence-corrected chi connectivity index (χ0v) is 18.7. The normalized spacial score (nSPS) is 17.1. The summed E-state index contributed by atoms with van der Waals surface area (Å²) in [6.45, 7) is 3.96. The van der Waals surface area contributed by atoms with E-state index in [1.54, 1.807) is 0 Å². The number of alkyl carbamates (subject to hydrolysis) is 1. The van der Waals surface area contributed by atoms with Crippen LogP contribution in [0.4, 0.5) is 4.79 Å². The van der Waals surface area contributed by atoms with Crippen molar-refractivity contribution in [1.82, 2.24) is 5.32 Å². The maximum atomic E-state index is 12.6. The van der Waals surface area contributed by atoms with E-state index in [1.165, 1.54) is 14.2 Å². The maximum Gasteiger partial charge on any atom is 0.410 e. The Bertz CT molecular complexity index is 555. The highest BCUT2D eigenvalue weighted by atomic mass is 16.8. The van der Waals surface area contributed by atoms with Gasteiger partial charge in [-0.2, -0.15) is 0 Å². The van der Waals surface area contributed by atoms with Crippen molar-refractivity contribution >= 4 is 18.0 Å². The average Bonchev–Trinajstić information content (AvgIpc) is 2.71. The topological polar surface area (TPSA) is 120 Å². The summed E-state index contributed by atoms with van der Waals surface area (Å²) in [7, 11) is 2.71. The van der Waals surface area contributed by atoms with E-state index in [1.807, 2.05) is 13.8 Å². The number of aliphatic carboxylic acids is 1. The Balaban J connectivity index is 2.71. The van der Waals surface area contributed by atoms with Crippen LogP contribution >= 0.6 is 0 Å². The smallest absolute Gasteiger partial charge is 0.410 e. The highest BCUT2D eigenvalue weighted by Gasteiger charge is 2.42. The predicted molar refractivity (Wildman–Crippen MR) is 109 cm³/mol. The van der Waals surface area contributed by atoms with Gasteiger partial charge in [-0.1, -0.05) is 39.5 Å². The lowest BCUT2D eigenvalue weighted by molar-refractivity contribution is -0.246. The number of hydrogen-bond acceptors (Lipinski definition) is 7. The van der Waals surface area contributed by atoms with Crippen LogP contribution in [0.5, 0.6) is 0 Å². The van der Waals surface area contributed by atoms with Crippen LogP contribution < -0.4 is 5.32 Å². The van der Waals surface area contributed by atoms with E-state index in [9.17, 15) is 19.5 Å². The SMILES string of the molecule is CCCC(OC(=O)NCC1(CC(=O)O)CCCCC1)OC(=O)C(CCC)(OC)OC. The van der Waals surface area contributed by atoms with Crippen molar-refractivity contribution < 1.29 is 38.4 Å². The molecule has 0 heterocycles. The molecule has 174 valence electrons. The molecule has 0 aromatic heterocycles. The number of hydrogen-bond donors (Lipinski definition) is 2. The van der Waals surface area contributed by atoms with Crippen molar-refractivity contribution in [3.8, 4) is 0 Å². The number of carbonyl (C=O) groups excluding carboxylic acids is 2. The summed E-state index contributed by atoms with van der Waals surface area (Å²) in [5.74, 6) is -3.18. The minimum absolute atomic E-state index is 0.00186. The Kier molecular flexibility index (Phi) is 11.1. The molecule has 2 N–H and O–H groups in total. The van der Waals surface area contributed by atoms with Gasteiger partial charge >= 0.3 is 18.0 Å². The molecule has 1 saturated carbocycles. The van der Waals surface area contributed by atoms with Gasteiger partial charge in [0.2, 0.25) is 6.29 Å². The van der Waals surface area contributed by atoms with E-state index in [4.69, 9.17) is 18.9 Å². The highest BCUT2D eigenvalue weighted by Crippen LogP contribution is 2.38. The molecule has 0 aromatic carbocycles. The molecule has 0 aliphatic heterocycles. The van der Waals surface area contributed by atoms with E-state index in [0.29, 0.717) is 25.7 Å². The molecule has 30 heavy (non-hydrogen) atoms. The van der Waals surface area contributed by atoms with Gasteiger partial charge in [0.1, 0.15) is 0 Å². The third kappa shape index (κ3) is 7.75. The van der Waals surface area contributed by atoms with Crippen LogP contribution in [0.25, 0.3) is 0 Å². The van der Waals surface area contributed by atoms with Gasteiger partial charge in [0, 0.05) is 33.6 Å². The number of ether oxygens (including phenoxy) is 4. The van der Waals surface area contributed by atoms with Gasteiger partial charge in [0.25, 0.3) is 5.79 Å². The van der Waals surface area contributed by atoms with E-state index >= 15 is 0 Å². The van der Waals surface area contributed by atoms with Crippen molar-refractivity contribution in [3.63, 3.8) is 0 Å². The van der Waals surface area contributed by atoms with Crippen molar-refractivity contribution in [1.29, 1.82) is 0 Å². The second-order valence-corrected chi connectivity index (χ2v) is 7.92. The summed E-state index contributed by atoms with van der Waals surface area (Å²) < 4.78 is 21.2. The summed E-state index contributed by atoms with van der Waals surface area (Å²) in [6.07, 6.45) is 4.45. The molecule has 9 heteroatoms. The van der Waals surface area contributed by atoms with Gasteiger partial charge in [-0.05, 0) is 24.7 Å². The van der Waals surface area contributed by atoms with Crippen molar-refractivity contribution in [2.75, 3.05) is 20.8 Å². The van der Waals surface area contributed by atoms with Crippen molar-refractivity contribution in [2.45, 2.75) is 90.1 Å². The Morgan fingerprint density at radius 2 is 1.67 bits per heavy atom. The lowest BCUT2D eigenvalue weighted by Crippen LogP contribution is -2.47. The van der Waals surface area contributed by atoms with Gasteiger partial charge in [0.05, 0.1) is 6.42 Å². The quantitative estimate of drug-likeness (QED) is 0.335. The first-order valence-electron chi connectivity index (χ1n) is 10.7. The first-order chi connectivity index (χ1) is 14.3. The molecule has 1 fully saturated rings. The molecule has 1 unspecified atom stereocenters. The van der Waals surface area contributed by atoms with Gasteiger partial charge in [-0.15, -0.1) is 0 Å². The van der Waals surface area contributed by atoms with E-state index < -0.39 is 35.5 Å². The molecule has 1 aliphatic rings. The number of carbonyl (C=O) groups is 3. The second-order valence-electron chi connectivity index (χ2n) is 7.92. The maximum absolute atomic E-state index is 12.6. The number of carboxylic acid groups (broad SMARTS) is 1. The fourth-order valence-electron chi connectivity index (χ4n) is 3.93. The summed E-state index contributed by atoms with van der Waals surface area (Å²) >= 11 is 0. The van der Waals surface area contributed by atoms with Crippen LogP contribution in [0.3, 0.4) is 0 Å². The zero-order chi connectivity index (χ0) is 22.6. The monoisotopic (exact) mass is 431 g/mol. The third-order valence-electron chi connectivity index (χ3n) is 5.60. The summed E-state index contributed by atoms with van der Waals surface area (Å²) in [4.78, 5) is 36.3. The van der Waals surface area contributed by atoms with Gasteiger partial charge in [-0.25, -0.2) is 9.59 Å². The average molecular weight is 432 g/mol. The standard InChI is InChI=1S/C21H37NO8/c1-5-10-17(29-18(25)21(27-3,28-4)11-6-2)30-19(26)22-15-20(14-16(23)24)12-8-7-9-13-20/h17H,5-15H2,1-4H3,(H,22,26)(H,23,24). The molecule has 0 bridgehead atoms. The second kappa shape index (κ2) is 12.7.